The van der Waals surface area contributed by atoms with Crippen LogP contribution in [0.3, 0.4) is 0 Å². The average Bonchev–Trinajstić information content (AvgIpc) is 2.76. The largest absolute Gasteiger partial charge is 0.466 e. The summed E-state index contributed by atoms with van der Waals surface area (Å²) in [6.07, 6.45) is -4.49. The molecule has 1 heterocycles. The van der Waals surface area contributed by atoms with Gasteiger partial charge in [-0.05, 0) is 31.0 Å². The molecule has 0 fully saturated rings. The molecule has 0 radical (unpaired) electrons. The summed E-state index contributed by atoms with van der Waals surface area (Å²) >= 11 is 0. The van der Waals surface area contributed by atoms with Crippen molar-refractivity contribution in [2.24, 2.45) is 4.99 Å². The van der Waals surface area contributed by atoms with Crippen LogP contribution in [0, 0.1) is 0 Å². The number of guanidine groups is 1. The molecule has 1 unspecified atom stereocenters. The number of esters is 1. The Labute approximate surface area is 179 Å². The molecule has 1 aliphatic rings. The number of benzene rings is 2. The van der Waals surface area contributed by atoms with Gasteiger partial charge in [0.25, 0.3) is 0 Å². The lowest BCUT2D eigenvalue weighted by molar-refractivity contribution is -0.139. The Morgan fingerprint density at radius 1 is 1.13 bits per heavy atom. The van der Waals surface area contributed by atoms with Crippen molar-refractivity contribution >= 4 is 11.9 Å². The van der Waals surface area contributed by atoms with Crippen LogP contribution in [0.2, 0.25) is 0 Å². The summed E-state index contributed by atoms with van der Waals surface area (Å²) in [6.45, 7) is 3.85. The van der Waals surface area contributed by atoms with Crippen LogP contribution in [0.15, 0.2) is 70.9 Å². The maximum absolute atomic E-state index is 13.5. The van der Waals surface area contributed by atoms with E-state index in [-0.39, 0.29) is 12.1 Å². The number of methoxy groups -OCH3 is 1. The number of rotatable bonds is 5. The van der Waals surface area contributed by atoms with Crippen LogP contribution in [0.4, 0.5) is 13.2 Å². The number of hydrogen-bond acceptors (Lipinski definition) is 3. The first-order valence-corrected chi connectivity index (χ1v) is 9.85. The molecule has 0 bridgehead atoms. The predicted molar refractivity (Wildman–Crippen MR) is 112 cm³/mol. The minimum Gasteiger partial charge on any atom is -0.466 e. The summed E-state index contributed by atoms with van der Waals surface area (Å²) in [5, 5.41) is 3.23. The molecule has 1 N–H and O–H groups in total. The lowest BCUT2D eigenvalue weighted by Crippen LogP contribution is -2.49. The topological polar surface area (TPSA) is 53.9 Å². The summed E-state index contributed by atoms with van der Waals surface area (Å²) in [5.41, 5.74) is 1.00. The van der Waals surface area contributed by atoms with E-state index in [2.05, 4.69) is 10.3 Å². The first-order valence-electron chi connectivity index (χ1n) is 9.85. The highest BCUT2D eigenvalue weighted by atomic mass is 19.4. The zero-order valence-corrected chi connectivity index (χ0v) is 17.5. The highest BCUT2D eigenvalue weighted by molar-refractivity contribution is 5.96. The van der Waals surface area contributed by atoms with Gasteiger partial charge in [0, 0.05) is 12.2 Å². The van der Waals surface area contributed by atoms with Crippen molar-refractivity contribution in [1.29, 1.82) is 0 Å². The van der Waals surface area contributed by atoms with E-state index in [1.54, 1.807) is 17.9 Å². The fourth-order valence-electron chi connectivity index (χ4n) is 3.64. The number of aliphatic imine (C=N–C) groups is 1. The highest BCUT2D eigenvalue weighted by Crippen LogP contribution is 2.35. The van der Waals surface area contributed by atoms with Gasteiger partial charge in [0.1, 0.15) is 0 Å². The van der Waals surface area contributed by atoms with E-state index in [4.69, 9.17) is 4.74 Å². The molecule has 0 saturated heterocycles. The fraction of sp³-hybridized carbons (Fsp3) is 0.304. The van der Waals surface area contributed by atoms with E-state index in [9.17, 15) is 18.0 Å². The van der Waals surface area contributed by atoms with E-state index in [0.29, 0.717) is 23.8 Å². The van der Waals surface area contributed by atoms with Crippen molar-refractivity contribution < 1.29 is 22.7 Å². The third-order valence-corrected chi connectivity index (χ3v) is 5.11. The minimum atomic E-state index is -4.49. The molecule has 0 spiro atoms. The number of nitrogens with zero attached hydrogens (tertiary/aromatic N) is 2. The van der Waals surface area contributed by atoms with Crippen molar-refractivity contribution in [1.82, 2.24) is 10.2 Å². The second kappa shape index (κ2) is 9.24. The molecule has 0 aliphatic carbocycles. The first-order chi connectivity index (χ1) is 14.8. The molecule has 0 amide bonds. The van der Waals surface area contributed by atoms with Crippen LogP contribution in [0.1, 0.15) is 36.6 Å². The average molecular weight is 431 g/mol. The molecular weight excluding hydrogens is 407 g/mol. The quantitative estimate of drug-likeness (QED) is 0.699. The lowest BCUT2D eigenvalue weighted by atomic mass is 9.94. The molecule has 3 rings (SSSR count). The van der Waals surface area contributed by atoms with Crippen LogP contribution in [-0.2, 0) is 22.3 Å². The maximum atomic E-state index is 13.5. The molecule has 2 aromatic carbocycles. The SMILES string of the molecule is CCN=C1NC(c2ccccc2)C(C(=O)OC)=C(C)N1Cc1ccccc1C(F)(F)F. The van der Waals surface area contributed by atoms with E-state index < -0.39 is 23.8 Å². The Hall–Kier alpha value is -3.29. The van der Waals surface area contributed by atoms with Crippen LogP contribution >= 0.6 is 0 Å². The molecule has 1 atom stereocenters. The smallest absolute Gasteiger partial charge is 0.416 e. The molecule has 164 valence electrons. The predicted octanol–water partition coefficient (Wildman–Crippen LogP) is 4.67. The monoisotopic (exact) mass is 431 g/mol. The minimum absolute atomic E-state index is 0.0855. The standard InChI is InChI=1S/C23H24F3N3O2/c1-4-27-22-28-20(16-10-6-5-7-11-16)19(21(30)31-3)15(2)29(22)14-17-12-8-9-13-18(17)23(24,25)26/h5-13,20H,4,14H2,1-3H3,(H,27,28). The molecular formula is C23H24F3N3O2. The van der Waals surface area contributed by atoms with Gasteiger partial charge in [0.15, 0.2) is 5.96 Å². The fourth-order valence-corrected chi connectivity index (χ4v) is 3.64. The van der Waals surface area contributed by atoms with Crippen LogP contribution in [-0.4, -0.2) is 30.5 Å². The molecule has 5 nitrogen and oxygen atoms in total. The number of nitrogens with one attached hydrogen (secondary N) is 1. The van der Waals surface area contributed by atoms with Crippen molar-refractivity contribution in [3.63, 3.8) is 0 Å². The highest BCUT2D eigenvalue weighted by Gasteiger charge is 2.37. The van der Waals surface area contributed by atoms with Crippen molar-refractivity contribution in [2.45, 2.75) is 32.6 Å². The maximum Gasteiger partial charge on any atom is 0.416 e. The van der Waals surface area contributed by atoms with Gasteiger partial charge in [0.05, 0.1) is 30.8 Å². The van der Waals surface area contributed by atoms with Gasteiger partial charge in [-0.2, -0.15) is 13.2 Å². The Morgan fingerprint density at radius 2 is 1.77 bits per heavy atom. The first kappa shape index (κ1) is 22.4. The molecule has 2 aromatic rings. The second-order valence-electron chi connectivity index (χ2n) is 7.02. The van der Waals surface area contributed by atoms with E-state index in [1.807, 2.05) is 37.3 Å². The Kier molecular flexibility index (Phi) is 6.68. The van der Waals surface area contributed by atoms with Gasteiger partial charge in [-0.25, -0.2) is 4.79 Å². The van der Waals surface area contributed by atoms with Gasteiger partial charge in [-0.15, -0.1) is 0 Å². The number of carbonyl (C=O) groups is 1. The van der Waals surface area contributed by atoms with E-state index in [1.165, 1.54) is 19.2 Å². The third kappa shape index (κ3) is 4.73. The van der Waals surface area contributed by atoms with Gasteiger partial charge in [-0.3, -0.25) is 4.99 Å². The summed E-state index contributed by atoms with van der Waals surface area (Å²) in [5.74, 6) is -0.151. The third-order valence-electron chi connectivity index (χ3n) is 5.11. The number of alkyl halides is 3. The number of carbonyl (C=O) groups excluding carboxylic acids is 1. The second-order valence-corrected chi connectivity index (χ2v) is 7.02. The lowest BCUT2D eigenvalue weighted by Gasteiger charge is -2.38. The van der Waals surface area contributed by atoms with E-state index >= 15 is 0 Å². The zero-order chi connectivity index (χ0) is 22.6. The van der Waals surface area contributed by atoms with Gasteiger partial charge in [-0.1, -0.05) is 48.5 Å². The van der Waals surface area contributed by atoms with E-state index in [0.717, 1.165) is 11.6 Å². The summed E-state index contributed by atoms with van der Waals surface area (Å²) in [7, 11) is 1.28. The van der Waals surface area contributed by atoms with Crippen molar-refractivity contribution in [3.05, 3.63) is 82.6 Å². The van der Waals surface area contributed by atoms with Crippen LogP contribution < -0.4 is 5.32 Å². The van der Waals surface area contributed by atoms with Gasteiger partial charge in [0.2, 0.25) is 0 Å². The summed E-state index contributed by atoms with van der Waals surface area (Å²) in [6, 6.07) is 14.2. The molecule has 31 heavy (non-hydrogen) atoms. The molecule has 0 saturated carbocycles. The number of hydrogen-bond donors (Lipinski definition) is 1. The van der Waals surface area contributed by atoms with Crippen molar-refractivity contribution in [2.75, 3.05) is 13.7 Å². The Bertz CT molecular complexity index is 1000. The van der Waals surface area contributed by atoms with Crippen LogP contribution in [0.25, 0.3) is 0 Å². The Morgan fingerprint density at radius 3 is 2.39 bits per heavy atom. The molecule has 8 heteroatoms. The number of ether oxygens (including phenoxy) is 1. The normalized spacial score (nSPS) is 18.2. The zero-order valence-electron chi connectivity index (χ0n) is 17.5. The molecule has 0 aromatic heterocycles. The summed E-state index contributed by atoms with van der Waals surface area (Å²) in [4.78, 5) is 18.7. The Balaban J connectivity index is 2.13. The van der Waals surface area contributed by atoms with Crippen LogP contribution in [0.5, 0.6) is 0 Å². The molecule has 1 aliphatic heterocycles. The number of allylic oxidation sites excluding steroid dienone is 1. The number of halogens is 3. The van der Waals surface area contributed by atoms with Gasteiger partial charge < -0.3 is 15.0 Å². The van der Waals surface area contributed by atoms with Crippen molar-refractivity contribution in [3.8, 4) is 0 Å². The summed E-state index contributed by atoms with van der Waals surface area (Å²) < 4.78 is 45.6. The van der Waals surface area contributed by atoms with Gasteiger partial charge >= 0.3 is 12.1 Å².